The van der Waals surface area contributed by atoms with E-state index in [2.05, 4.69) is 0 Å². The van der Waals surface area contributed by atoms with E-state index in [1.54, 1.807) is 32.0 Å². The molecule has 0 heterocycles. The lowest BCUT2D eigenvalue weighted by Crippen LogP contribution is -2.50. The van der Waals surface area contributed by atoms with Crippen LogP contribution in [0.1, 0.15) is 38.8 Å². The van der Waals surface area contributed by atoms with Crippen molar-refractivity contribution in [3.63, 3.8) is 0 Å². The second kappa shape index (κ2) is 9.86. The summed E-state index contributed by atoms with van der Waals surface area (Å²) in [5.74, 6) is -3.10. The minimum absolute atomic E-state index is 0.0215. The first kappa shape index (κ1) is 27.5. The highest BCUT2D eigenvalue weighted by Crippen LogP contribution is 2.72. The Morgan fingerprint density at radius 3 is 1.52 bits per heavy atom. The zero-order chi connectivity index (χ0) is 28.9. The summed E-state index contributed by atoms with van der Waals surface area (Å²) in [5.41, 5.74) is -0.407. The van der Waals surface area contributed by atoms with Gasteiger partial charge >= 0.3 is 11.9 Å². The molecule has 0 aromatic heterocycles. The number of carbonyl (C=O) groups is 3. The highest BCUT2D eigenvalue weighted by molar-refractivity contribution is 7.92. The average molecular weight is 559 g/mol. The quantitative estimate of drug-likeness (QED) is 0.293. The molecule has 0 unspecified atom stereocenters. The molecule has 40 heavy (non-hydrogen) atoms. The summed E-state index contributed by atoms with van der Waals surface area (Å²) in [4.78, 5) is 39.3. The fourth-order valence-corrected chi connectivity index (χ4v) is 9.27. The smallest absolute Gasteiger partial charge is 0.305 e. The highest BCUT2D eigenvalue weighted by Gasteiger charge is 2.77. The van der Waals surface area contributed by atoms with E-state index in [1.807, 2.05) is 60.7 Å². The molecule has 2 aliphatic carbocycles. The fourth-order valence-electron chi connectivity index (χ4n) is 6.81. The van der Waals surface area contributed by atoms with Crippen molar-refractivity contribution >= 4 is 38.7 Å². The van der Waals surface area contributed by atoms with E-state index >= 15 is 0 Å². The van der Waals surface area contributed by atoms with Crippen LogP contribution in [0.4, 0.5) is 0 Å². The Morgan fingerprint density at radius 1 is 0.700 bits per heavy atom. The van der Waals surface area contributed by atoms with Gasteiger partial charge in [-0.15, -0.1) is 0 Å². The summed E-state index contributed by atoms with van der Waals surface area (Å²) >= 11 is 0. The zero-order valence-corrected chi connectivity index (χ0v) is 23.5. The lowest BCUT2D eigenvalue weighted by Gasteiger charge is -2.43. The molecule has 0 radical (unpaired) electrons. The van der Waals surface area contributed by atoms with Crippen molar-refractivity contribution in [1.29, 1.82) is 0 Å². The van der Waals surface area contributed by atoms with Crippen LogP contribution in [-0.2, 0) is 33.7 Å². The predicted molar refractivity (Wildman–Crippen MR) is 149 cm³/mol. The van der Waals surface area contributed by atoms with Crippen LogP contribution in [0, 0.1) is 16.7 Å². The summed E-state index contributed by atoms with van der Waals surface area (Å²) in [6.07, 6.45) is -1.62. The number of allylic oxidation sites excluding steroid dienone is 2. The third-order valence-electron chi connectivity index (χ3n) is 8.18. The van der Waals surface area contributed by atoms with Crippen molar-refractivity contribution < 1.29 is 32.3 Å². The molecule has 8 heteroatoms. The highest BCUT2D eigenvalue weighted by atomic mass is 32.2. The Labute approximate surface area is 233 Å². The van der Waals surface area contributed by atoms with Gasteiger partial charge in [0.1, 0.15) is 0 Å². The molecule has 1 saturated carbocycles. The van der Waals surface area contributed by atoms with Gasteiger partial charge < -0.3 is 9.47 Å². The minimum atomic E-state index is -4.25. The molecule has 0 spiro atoms. The number of Topliss-reactive ketones (excluding diaryl/α,β-unsaturated/α-hetero) is 1. The number of ketones is 1. The zero-order valence-electron chi connectivity index (χ0n) is 22.7. The number of esters is 2. The van der Waals surface area contributed by atoms with Crippen molar-refractivity contribution in [3.05, 3.63) is 102 Å². The van der Waals surface area contributed by atoms with Gasteiger partial charge in [-0.05, 0) is 48.3 Å². The monoisotopic (exact) mass is 558 g/mol. The number of benzene rings is 3. The van der Waals surface area contributed by atoms with E-state index in [0.717, 1.165) is 19.4 Å². The van der Waals surface area contributed by atoms with Crippen LogP contribution >= 0.6 is 0 Å². The van der Waals surface area contributed by atoms with Gasteiger partial charge in [0, 0.05) is 13.8 Å². The molecule has 3 aromatic carbocycles. The summed E-state index contributed by atoms with van der Waals surface area (Å²) in [6.45, 7) is 5.63. The lowest BCUT2D eigenvalue weighted by molar-refractivity contribution is -0.199. The number of hydrogen-bond donors (Lipinski definition) is 0. The van der Waals surface area contributed by atoms with Gasteiger partial charge in [0.2, 0.25) is 0 Å². The van der Waals surface area contributed by atoms with Gasteiger partial charge in [-0.1, -0.05) is 78.9 Å². The normalized spacial score (nSPS) is 25.8. The molecule has 4 atom stereocenters. The van der Waals surface area contributed by atoms with Crippen LogP contribution < -0.4 is 0 Å². The molecular formula is C32H30O7S. The Morgan fingerprint density at radius 2 is 1.10 bits per heavy atom. The molecule has 0 N–H and O–H groups in total. The largest absolute Gasteiger partial charge is 0.425 e. The molecule has 3 aromatic rings. The van der Waals surface area contributed by atoms with Crippen molar-refractivity contribution in [2.45, 2.75) is 44.1 Å². The van der Waals surface area contributed by atoms with Crippen LogP contribution in [0.3, 0.4) is 0 Å². The van der Waals surface area contributed by atoms with E-state index < -0.39 is 50.1 Å². The van der Waals surface area contributed by atoms with E-state index in [4.69, 9.17) is 9.47 Å². The van der Waals surface area contributed by atoms with Gasteiger partial charge in [-0.2, -0.15) is 0 Å². The maximum atomic E-state index is 14.8. The summed E-state index contributed by atoms with van der Waals surface area (Å²) in [5, 5.41) is -1.41. The van der Waals surface area contributed by atoms with Gasteiger partial charge in [0.25, 0.3) is 6.29 Å². The van der Waals surface area contributed by atoms with Crippen LogP contribution in [-0.4, -0.2) is 37.7 Å². The Bertz CT molecular complexity index is 1600. The molecule has 5 rings (SSSR count). The molecule has 0 amide bonds. The second-order valence-electron chi connectivity index (χ2n) is 10.6. The van der Waals surface area contributed by atoms with E-state index in [1.165, 1.54) is 12.1 Å². The minimum Gasteiger partial charge on any atom is -0.425 e. The van der Waals surface area contributed by atoms with Gasteiger partial charge in [0.05, 0.1) is 26.9 Å². The SMILES string of the molecule is CC(=O)OC(OC(C)=O)[C@@H]1[C@H](S(=O)(=O)c2ccccc2)[C@]2(C)C(=O)[C@]1(C)C(c1ccccc1)=C2c1ccccc1. The van der Waals surface area contributed by atoms with Crippen LogP contribution in [0.15, 0.2) is 95.9 Å². The van der Waals surface area contributed by atoms with Gasteiger partial charge in [-0.25, -0.2) is 8.42 Å². The molecule has 0 saturated heterocycles. The van der Waals surface area contributed by atoms with E-state index in [9.17, 15) is 22.8 Å². The maximum absolute atomic E-state index is 14.8. The molecule has 2 aliphatic rings. The third kappa shape index (κ3) is 4.01. The molecule has 2 bridgehead atoms. The summed E-state index contributed by atoms with van der Waals surface area (Å²) < 4.78 is 40.2. The van der Waals surface area contributed by atoms with Crippen LogP contribution in [0.2, 0.25) is 0 Å². The molecule has 206 valence electrons. The van der Waals surface area contributed by atoms with Crippen molar-refractivity contribution in [1.82, 2.24) is 0 Å². The first-order valence-corrected chi connectivity index (χ1v) is 14.5. The Hall–Kier alpha value is -4.04. The van der Waals surface area contributed by atoms with Gasteiger partial charge in [-0.3, -0.25) is 14.4 Å². The van der Waals surface area contributed by atoms with E-state index in [0.29, 0.717) is 16.7 Å². The van der Waals surface area contributed by atoms with Crippen molar-refractivity contribution in [2.75, 3.05) is 0 Å². The fraction of sp³-hybridized carbons (Fsp3) is 0.281. The predicted octanol–water partition coefficient (Wildman–Crippen LogP) is 5.12. The van der Waals surface area contributed by atoms with Crippen molar-refractivity contribution in [2.24, 2.45) is 16.7 Å². The first-order chi connectivity index (χ1) is 18.9. The number of fused-ring (bicyclic) bond motifs is 2. The molecule has 1 fully saturated rings. The number of sulfone groups is 1. The Kier molecular flexibility index (Phi) is 6.78. The van der Waals surface area contributed by atoms with Crippen molar-refractivity contribution in [3.8, 4) is 0 Å². The topological polar surface area (TPSA) is 104 Å². The average Bonchev–Trinajstić information content (AvgIpc) is 3.22. The van der Waals surface area contributed by atoms with Crippen LogP contribution in [0.25, 0.3) is 11.1 Å². The van der Waals surface area contributed by atoms with E-state index in [-0.39, 0.29) is 10.7 Å². The number of hydrogen-bond acceptors (Lipinski definition) is 7. The standard InChI is InChI=1S/C32H30O7S/c1-20(33)38-29(39-21(2)34)27-28(40(36,37)24-18-12-7-13-19-24)32(4)26(23-16-10-6-11-17-23)25(31(27,3)30(32)35)22-14-8-5-9-15-22/h5-19,27-29H,1-4H3/t27-,28-,31+,32+/m0/s1. The summed E-state index contributed by atoms with van der Waals surface area (Å²) in [7, 11) is -4.25. The molecule has 0 aliphatic heterocycles. The lowest BCUT2D eigenvalue weighted by atomic mass is 9.67. The summed E-state index contributed by atoms with van der Waals surface area (Å²) in [6, 6.07) is 26.4. The maximum Gasteiger partial charge on any atom is 0.305 e. The first-order valence-electron chi connectivity index (χ1n) is 13.0. The van der Waals surface area contributed by atoms with Gasteiger partial charge in [0.15, 0.2) is 15.6 Å². The molecular weight excluding hydrogens is 528 g/mol. The third-order valence-corrected chi connectivity index (χ3v) is 10.5. The number of rotatable bonds is 7. The van der Waals surface area contributed by atoms with Crippen LogP contribution in [0.5, 0.6) is 0 Å². The number of carbonyl (C=O) groups excluding carboxylic acids is 3. The second-order valence-corrected chi connectivity index (χ2v) is 12.7. The Balaban J connectivity index is 1.91. The number of ether oxygens (including phenoxy) is 2. The molecule has 7 nitrogen and oxygen atoms in total.